The normalized spacial score (nSPS) is 10.2. The highest BCUT2D eigenvalue weighted by Gasteiger charge is 2.11. The fourth-order valence-corrected chi connectivity index (χ4v) is 2.15. The maximum atomic E-state index is 13.1. The summed E-state index contributed by atoms with van der Waals surface area (Å²) in [4.78, 5) is 12.2. The number of hydrogen-bond donors (Lipinski definition) is 1. The molecule has 0 radical (unpaired) electrons. The molecule has 22 heavy (non-hydrogen) atoms. The minimum absolute atomic E-state index is 0.136. The van der Waals surface area contributed by atoms with Gasteiger partial charge in [-0.25, -0.2) is 4.39 Å². The standard InChI is InChI=1S/C17H18FNO3/c1-11-8-13(18)4-6-15(11)19-17(20)10-12-9-14(21-2)5-7-16(12)22-3/h4-9H,10H2,1-3H3,(H,19,20). The second-order valence-electron chi connectivity index (χ2n) is 4.86. The number of benzene rings is 2. The van der Waals surface area contributed by atoms with Crippen LogP contribution in [-0.2, 0) is 11.2 Å². The molecule has 0 aliphatic heterocycles. The van der Waals surface area contributed by atoms with Crippen molar-refractivity contribution in [2.45, 2.75) is 13.3 Å². The molecule has 1 amide bonds. The Labute approximate surface area is 128 Å². The Morgan fingerprint density at radius 2 is 1.91 bits per heavy atom. The first-order valence-electron chi connectivity index (χ1n) is 6.80. The minimum Gasteiger partial charge on any atom is -0.497 e. The fraction of sp³-hybridized carbons (Fsp3) is 0.235. The number of nitrogens with one attached hydrogen (secondary N) is 1. The van der Waals surface area contributed by atoms with Crippen molar-refractivity contribution in [3.05, 3.63) is 53.3 Å². The van der Waals surface area contributed by atoms with Gasteiger partial charge in [-0.3, -0.25) is 4.79 Å². The summed E-state index contributed by atoms with van der Waals surface area (Å²) < 4.78 is 23.5. The van der Waals surface area contributed by atoms with Crippen molar-refractivity contribution in [3.63, 3.8) is 0 Å². The zero-order valence-electron chi connectivity index (χ0n) is 12.8. The van der Waals surface area contributed by atoms with Crippen LogP contribution in [0.5, 0.6) is 11.5 Å². The topological polar surface area (TPSA) is 47.6 Å². The predicted octanol–water partition coefficient (Wildman–Crippen LogP) is 3.33. The van der Waals surface area contributed by atoms with E-state index < -0.39 is 0 Å². The molecule has 0 atom stereocenters. The van der Waals surface area contributed by atoms with Gasteiger partial charge in [-0.15, -0.1) is 0 Å². The molecule has 0 unspecified atom stereocenters. The Bertz CT molecular complexity index is 686. The number of methoxy groups -OCH3 is 2. The molecule has 1 N–H and O–H groups in total. The molecule has 0 heterocycles. The predicted molar refractivity (Wildman–Crippen MR) is 83.0 cm³/mol. The zero-order chi connectivity index (χ0) is 16.1. The average Bonchev–Trinajstić information content (AvgIpc) is 2.50. The van der Waals surface area contributed by atoms with Crippen LogP contribution >= 0.6 is 0 Å². The van der Waals surface area contributed by atoms with Gasteiger partial charge in [0.25, 0.3) is 0 Å². The maximum Gasteiger partial charge on any atom is 0.228 e. The second kappa shape index (κ2) is 6.93. The summed E-state index contributed by atoms with van der Waals surface area (Å²) in [7, 11) is 3.11. The van der Waals surface area contributed by atoms with E-state index in [1.807, 2.05) is 0 Å². The van der Waals surface area contributed by atoms with Crippen LogP contribution in [0, 0.1) is 12.7 Å². The lowest BCUT2D eigenvalue weighted by Gasteiger charge is -2.12. The number of ether oxygens (including phenoxy) is 2. The minimum atomic E-state index is -0.329. The summed E-state index contributed by atoms with van der Waals surface area (Å²) in [5, 5.41) is 2.77. The van der Waals surface area contributed by atoms with E-state index in [0.717, 1.165) is 5.56 Å². The van der Waals surface area contributed by atoms with Gasteiger partial charge in [0.1, 0.15) is 17.3 Å². The lowest BCUT2D eigenvalue weighted by Crippen LogP contribution is -2.15. The monoisotopic (exact) mass is 303 g/mol. The molecule has 0 saturated carbocycles. The van der Waals surface area contributed by atoms with Crippen molar-refractivity contribution in [1.82, 2.24) is 0 Å². The van der Waals surface area contributed by atoms with Crippen molar-refractivity contribution in [2.24, 2.45) is 0 Å². The average molecular weight is 303 g/mol. The molecule has 0 aliphatic carbocycles. The van der Waals surface area contributed by atoms with E-state index in [-0.39, 0.29) is 18.1 Å². The van der Waals surface area contributed by atoms with Gasteiger partial charge in [0, 0.05) is 11.3 Å². The van der Waals surface area contributed by atoms with Gasteiger partial charge >= 0.3 is 0 Å². The van der Waals surface area contributed by atoms with E-state index in [1.165, 1.54) is 12.1 Å². The van der Waals surface area contributed by atoms with Crippen LogP contribution in [0.4, 0.5) is 10.1 Å². The first-order chi connectivity index (χ1) is 10.5. The first kappa shape index (κ1) is 15.8. The van der Waals surface area contributed by atoms with E-state index >= 15 is 0 Å². The number of halogens is 1. The molecule has 2 aromatic carbocycles. The van der Waals surface area contributed by atoms with Gasteiger partial charge in [0.2, 0.25) is 5.91 Å². The van der Waals surface area contributed by atoms with Crippen LogP contribution in [0.15, 0.2) is 36.4 Å². The van der Waals surface area contributed by atoms with Gasteiger partial charge in [-0.05, 0) is 48.9 Å². The van der Waals surface area contributed by atoms with E-state index in [9.17, 15) is 9.18 Å². The van der Waals surface area contributed by atoms with Gasteiger partial charge < -0.3 is 14.8 Å². The Hall–Kier alpha value is -2.56. The molecule has 0 saturated heterocycles. The largest absolute Gasteiger partial charge is 0.497 e. The zero-order valence-corrected chi connectivity index (χ0v) is 12.8. The highest BCUT2D eigenvalue weighted by atomic mass is 19.1. The third kappa shape index (κ3) is 3.75. The van der Waals surface area contributed by atoms with Crippen LogP contribution in [0.25, 0.3) is 0 Å². The van der Waals surface area contributed by atoms with Crippen molar-refractivity contribution in [1.29, 1.82) is 0 Å². The summed E-state index contributed by atoms with van der Waals surface area (Å²) in [6.45, 7) is 1.74. The van der Waals surface area contributed by atoms with Crippen molar-refractivity contribution < 1.29 is 18.7 Å². The summed E-state index contributed by atoms with van der Waals surface area (Å²) in [5.41, 5.74) is 1.98. The van der Waals surface area contributed by atoms with Crippen molar-refractivity contribution >= 4 is 11.6 Å². The van der Waals surface area contributed by atoms with Crippen LogP contribution in [0.1, 0.15) is 11.1 Å². The molecular formula is C17H18FNO3. The molecule has 0 bridgehead atoms. The first-order valence-corrected chi connectivity index (χ1v) is 6.80. The summed E-state index contributed by atoms with van der Waals surface area (Å²) in [6, 6.07) is 9.52. The van der Waals surface area contributed by atoms with Crippen LogP contribution < -0.4 is 14.8 Å². The smallest absolute Gasteiger partial charge is 0.228 e. The van der Waals surface area contributed by atoms with Crippen LogP contribution in [0.2, 0.25) is 0 Å². The quantitative estimate of drug-likeness (QED) is 0.921. The van der Waals surface area contributed by atoms with Gasteiger partial charge in [0.15, 0.2) is 0 Å². The van der Waals surface area contributed by atoms with E-state index in [1.54, 1.807) is 45.4 Å². The lowest BCUT2D eigenvalue weighted by molar-refractivity contribution is -0.115. The second-order valence-corrected chi connectivity index (χ2v) is 4.86. The maximum absolute atomic E-state index is 13.1. The van der Waals surface area contributed by atoms with Crippen molar-refractivity contribution in [2.75, 3.05) is 19.5 Å². The van der Waals surface area contributed by atoms with Gasteiger partial charge in [0.05, 0.1) is 20.6 Å². The van der Waals surface area contributed by atoms with Gasteiger partial charge in [-0.1, -0.05) is 0 Å². The molecule has 2 rings (SSSR count). The highest BCUT2D eigenvalue weighted by molar-refractivity contribution is 5.93. The number of carbonyl (C=O) groups is 1. The summed E-state index contributed by atoms with van der Waals surface area (Å²) in [6.07, 6.45) is 0.136. The summed E-state index contributed by atoms with van der Waals surface area (Å²) >= 11 is 0. The molecule has 0 fully saturated rings. The molecular weight excluding hydrogens is 285 g/mol. The molecule has 4 nitrogen and oxygen atoms in total. The molecule has 5 heteroatoms. The Kier molecular flexibility index (Phi) is 4.99. The third-order valence-electron chi connectivity index (χ3n) is 3.30. The number of amides is 1. The number of hydrogen-bond acceptors (Lipinski definition) is 3. The van der Waals surface area contributed by atoms with E-state index in [4.69, 9.17) is 9.47 Å². The van der Waals surface area contributed by atoms with Crippen LogP contribution in [0.3, 0.4) is 0 Å². The third-order valence-corrected chi connectivity index (χ3v) is 3.30. The number of rotatable bonds is 5. The van der Waals surface area contributed by atoms with Gasteiger partial charge in [-0.2, -0.15) is 0 Å². The molecule has 0 aromatic heterocycles. The number of anilines is 1. The lowest BCUT2D eigenvalue weighted by atomic mass is 10.1. The number of aryl methyl sites for hydroxylation is 1. The molecule has 0 spiro atoms. The molecule has 116 valence electrons. The molecule has 0 aliphatic rings. The summed E-state index contributed by atoms with van der Waals surface area (Å²) in [5.74, 6) is 0.736. The van der Waals surface area contributed by atoms with Crippen LogP contribution in [-0.4, -0.2) is 20.1 Å². The Balaban J connectivity index is 2.14. The SMILES string of the molecule is COc1ccc(OC)c(CC(=O)Nc2ccc(F)cc2C)c1. The molecule has 2 aromatic rings. The highest BCUT2D eigenvalue weighted by Crippen LogP contribution is 2.25. The fourth-order valence-electron chi connectivity index (χ4n) is 2.15. The number of carbonyl (C=O) groups excluding carboxylic acids is 1. The Morgan fingerprint density at radius 1 is 1.14 bits per heavy atom. The van der Waals surface area contributed by atoms with Crippen molar-refractivity contribution in [3.8, 4) is 11.5 Å². The van der Waals surface area contributed by atoms with E-state index in [0.29, 0.717) is 22.7 Å². The van der Waals surface area contributed by atoms with E-state index in [2.05, 4.69) is 5.32 Å². The Morgan fingerprint density at radius 3 is 2.55 bits per heavy atom.